The monoisotopic (exact) mass is 350 g/mol. The van der Waals surface area contributed by atoms with Crippen LogP contribution in [-0.2, 0) is 17.8 Å². The van der Waals surface area contributed by atoms with Crippen LogP contribution in [0.1, 0.15) is 25.2 Å². The maximum absolute atomic E-state index is 12.1. The second kappa shape index (κ2) is 7.31. The number of amides is 1. The van der Waals surface area contributed by atoms with Gasteiger partial charge in [-0.1, -0.05) is 22.9 Å². The van der Waals surface area contributed by atoms with E-state index in [-0.39, 0.29) is 11.9 Å². The number of anilines is 1. The second-order valence-electron chi connectivity index (χ2n) is 4.82. The van der Waals surface area contributed by atoms with E-state index in [0.717, 1.165) is 22.3 Å². The van der Waals surface area contributed by atoms with Crippen LogP contribution in [0.2, 0.25) is 0 Å². The number of nitrogens with one attached hydrogen (secondary N) is 2. The van der Waals surface area contributed by atoms with Gasteiger partial charge in [-0.05, 0) is 49.2 Å². The van der Waals surface area contributed by atoms with Crippen LogP contribution in [0.5, 0.6) is 0 Å². The Balaban J connectivity index is 1.94. The average Bonchev–Trinajstić information content (AvgIpc) is 2.99. The summed E-state index contributed by atoms with van der Waals surface area (Å²) in [6, 6.07) is 9.34. The van der Waals surface area contributed by atoms with Gasteiger partial charge in [0.05, 0.1) is 12.8 Å². The fourth-order valence-corrected chi connectivity index (χ4v) is 2.44. The Morgan fingerprint density at radius 2 is 2.19 bits per heavy atom. The molecule has 0 saturated heterocycles. The van der Waals surface area contributed by atoms with E-state index >= 15 is 0 Å². The normalized spacial score (nSPS) is 12.0. The lowest BCUT2D eigenvalue weighted by molar-refractivity contribution is -0.121. The van der Waals surface area contributed by atoms with Crippen LogP contribution in [0, 0.1) is 0 Å². The zero-order valence-electron chi connectivity index (χ0n) is 12.2. The molecule has 1 aromatic carbocycles. The Labute approximate surface area is 133 Å². The summed E-state index contributed by atoms with van der Waals surface area (Å²) in [6.45, 7) is 4.34. The number of hydrogen-bond acceptors (Lipinski definition) is 3. The minimum absolute atomic E-state index is 0.0589. The van der Waals surface area contributed by atoms with Crippen LogP contribution in [0.4, 0.5) is 5.69 Å². The average molecular weight is 351 g/mol. The molecule has 112 valence electrons. The summed E-state index contributed by atoms with van der Waals surface area (Å²) in [7, 11) is 0. The molecule has 0 bridgehead atoms. The molecule has 1 atom stereocenters. The number of aryl methyl sites for hydroxylation is 1. The quantitative estimate of drug-likeness (QED) is 0.834. The molecule has 0 spiro atoms. The SMILES string of the molecule is CCc1cc(Br)ccc1NC(C)C(=O)NCc1ccco1. The highest BCUT2D eigenvalue weighted by atomic mass is 79.9. The highest BCUT2D eigenvalue weighted by Crippen LogP contribution is 2.22. The first kappa shape index (κ1) is 15.6. The molecule has 5 heteroatoms. The molecule has 0 fully saturated rings. The van der Waals surface area contributed by atoms with Crippen molar-refractivity contribution in [1.82, 2.24) is 5.32 Å². The van der Waals surface area contributed by atoms with Crippen molar-refractivity contribution in [3.05, 3.63) is 52.4 Å². The van der Waals surface area contributed by atoms with Gasteiger partial charge in [-0.15, -0.1) is 0 Å². The van der Waals surface area contributed by atoms with Crippen LogP contribution >= 0.6 is 15.9 Å². The Morgan fingerprint density at radius 1 is 1.38 bits per heavy atom. The third-order valence-corrected chi connectivity index (χ3v) is 3.72. The van der Waals surface area contributed by atoms with Gasteiger partial charge in [0, 0.05) is 10.2 Å². The maximum atomic E-state index is 12.1. The predicted octanol–water partition coefficient (Wildman–Crippen LogP) is 3.72. The van der Waals surface area contributed by atoms with Gasteiger partial charge in [-0.3, -0.25) is 4.79 Å². The lowest BCUT2D eigenvalue weighted by atomic mass is 10.1. The molecule has 21 heavy (non-hydrogen) atoms. The molecule has 1 unspecified atom stereocenters. The van der Waals surface area contributed by atoms with Crippen molar-refractivity contribution in [2.75, 3.05) is 5.32 Å². The van der Waals surface area contributed by atoms with Gasteiger partial charge in [-0.2, -0.15) is 0 Å². The summed E-state index contributed by atoms with van der Waals surface area (Å²) in [5.74, 6) is 0.685. The largest absolute Gasteiger partial charge is 0.467 e. The Hall–Kier alpha value is -1.75. The predicted molar refractivity (Wildman–Crippen MR) is 87.2 cm³/mol. The van der Waals surface area contributed by atoms with Crippen LogP contribution in [0.3, 0.4) is 0 Å². The molecule has 2 rings (SSSR count). The van der Waals surface area contributed by atoms with Crippen LogP contribution in [-0.4, -0.2) is 11.9 Å². The minimum atomic E-state index is -0.313. The van der Waals surface area contributed by atoms with Crippen molar-refractivity contribution in [2.24, 2.45) is 0 Å². The zero-order chi connectivity index (χ0) is 15.2. The Morgan fingerprint density at radius 3 is 2.86 bits per heavy atom. The van der Waals surface area contributed by atoms with Crippen molar-refractivity contribution in [1.29, 1.82) is 0 Å². The van der Waals surface area contributed by atoms with E-state index in [2.05, 4.69) is 39.6 Å². The number of furan rings is 1. The first-order valence-electron chi connectivity index (χ1n) is 6.95. The van der Waals surface area contributed by atoms with Crippen LogP contribution in [0.25, 0.3) is 0 Å². The zero-order valence-corrected chi connectivity index (χ0v) is 13.7. The standard InChI is InChI=1S/C16H19BrN2O2/c1-3-12-9-13(17)6-7-15(12)19-11(2)16(20)18-10-14-5-4-8-21-14/h4-9,11,19H,3,10H2,1-2H3,(H,18,20). The van der Waals surface area contributed by atoms with Crippen molar-refractivity contribution < 1.29 is 9.21 Å². The van der Waals surface area contributed by atoms with E-state index in [4.69, 9.17) is 4.42 Å². The third kappa shape index (κ3) is 4.36. The Kier molecular flexibility index (Phi) is 5.44. The van der Waals surface area contributed by atoms with Crippen LogP contribution < -0.4 is 10.6 Å². The molecule has 0 radical (unpaired) electrons. The van der Waals surface area contributed by atoms with E-state index in [1.807, 2.05) is 25.1 Å². The highest BCUT2D eigenvalue weighted by Gasteiger charge is 2.14. The minimum Gasteiger partial charge on any atom is -0.467 e. The molecule has 1 aromatic heterocycles. The van der Waals surface area contributed by atoms with Gasteiger partial charge < -0.3 is 15.1 Å². The molecule has 1 heterocycles. The molecule has 0 saturated carbocycles. The fraction of sp³-hybridized carbons (Fsp3) is 0.312. The second-order valence-corrected chi connectivity index (χ2v) is 5.73. The first-order valence-corrected chi connectivity index (χ1v) is 7.74. The highest BCUT2D eigenvalue weighted by molar-refractivity contribution is 9.10. The van der Waals surface area contributed by atoms with Gasteiger partial charge in [0.2, 0.25) is 5.91 Å². The van der Waals surface area contributed by atoms with E-state index in [1.165, 1.54) is 5.56 Å². The third-order valence-electron chi connectivity index (χ3n) is 3.23. The summed E-state index contributed by atoms with van der Waals surface area (Å²) >= 11 is 3.46. The Bertz CT molecular complexity index is 596. The molecular weight excluding hydrogens is 332 g/mol. The number of benzene rings is 1. The summed E-state index contributed by atoms with van der Waals surface area (Å²) < 4.78 is 6.23. The lowest BCUT2D eigenvalue weighted by Crippen LogP contribution is -2.37. The number of carbonyl (C=O) groups excluding carboxylic acids is 1. The van der Waals surface area contributed by atoms with Gasteiger partial charge in [0.1, 0.15) is 11.8 Å². The molecule has 2 aromatic rings. The molecule has 2 N–H and O–H groups in total. The molecule has 1 amide bonds. The summed E-state index contributed by atoms with van der Waals surface area (Å²) in [5, 5.41) is 6.10. The molecule has 0 aliphatic heterocycles. The van der Waals surface area contributed by atoms with E-state index in [1.54, 1.807) is 12.3 Å². The van der Waals surface area contributed by atoms with Crippen LogP contribution in [0.15, 0.2) is 45.5 Å². The number of halogens is 1. The van der Waals surface area contributed by atoms with Gasteiger partial charge in [-0.25, -0.2) is 0 Å². The molecule has 4 nitrogen and oxygen atoms in total. The smallest absolute Gasteiger partial charge is 0.242 e. The fourth-order valence-electron chi connectivity index (χ4n) is 2.03. The number of carbonyl (C=O) groups is 1. The maximum Gasteiger partial charge on any atom is 0.242 e. The van der Waals surface area contributed by atoms with E-state index < -0.39 is 0 Å². The lowest BCUT2D eigenvalue weighted by Gasteiger charge is -2.17. The topological polar surface area (TPSA) is 54.3 Å². The van der Waals surface area contributed by atoms with E-state index in [9.17, 15) is 4.79 Å². The van der Waals surface area contributed by atoms with Gasteiger partial charge in [0.25, 0.3) is 0 Å². The van der Waals surface area contributed by atoms with Crippen molar-refractivity contribution in [3.8, 4) is 0 Å². The molecular formula is C16H19BrN2O2. The van der Waals surface area contributed by atoms with Gasteiger partial charge in [0.15, 0.2) is 0 Å². The summed E-state index contributed by atoms with van der Waals surface area (Å²) in [5.41, 5.74) is 2.16. The van der Waals surface area contributed by atoms with Gasteiger partial charge >= 0.3 is 0 Å². The first-order chi connectivity index (χ1) is 10.1. The summed E-state index contributed by atoms with van der Waals surface area (Å²) in [6.07, 6.45) is 2.50. The van der Waals surface area contributed by atoms with Crippen molar-refractivity contribution >= 4 is 27.5 Å². The summed E-state index contributed by atoms with van der Waals surface area (Å²) in [4.78, 5) is 12.1. The number of rotatable bonds is 6. The molecule has 0 aliphatic rings. The van der Waals surface area contributed by atoms with E-state index in [0.29, 0.717) is 6.54 Å². The van der Waals surface area contributed by atoms with Crippen molar-refractivity contribution in [2.45, 2.75) is 32.9 Å². The number of hydrogen-bond donors (Lipinski definition) is 2. The van der Waals surface area contributed by atoms with Crippen molar-refractivity contribution in [3.63, 3.8) is 0 Å². The molecule has 0 aliphatic carbocycles.